The zero-order chi connectivity index (χ0) is 38.3. The third kappa shape index (κ3) is 10.3. The molecule has 0 spiro atoms. The fourth-order valence-corrected chi connectivity index (χ4v) is 6.72. The standard InChI is InChI=1S/C39H59NO10Si/c1-24-18-19-29(41)33-30(47-39(11,12)48-33)17-15-16-26-20-27(40(35(43)49-36(3,4)5)22-28-23-44-38(9,10)46-28)21-31(32(26)34(42)45-25(24)2)50-51(13,14)37(6,7)8/h15-16,18-21,24-25,28,30,33H,17,22-23H2,1-14H3/b16-15+,19-18-/t24-,25+,28?,30+,33-/m1/s1. The molecule has 0 aliphatic carbocycles. The lowest BCUT2D eigenvalue weighted by Crippen LogP contribution is -2.44. The molecule has 0 saturated carbocycles. The predicted octanol–water partition coefficient (Wildman–Crippen LogP) is 8.21. The summed E-state index contributed by atoms with van der Waals surface area (Å²) in [5, 5.41) is -0.219. The number of hydrogen-bond donors (Lipinski definition) is 0. The van der Waals surface area contributed by atoms with E-state index >= 15 is 0 Å². The normalized spacial score (nSPS) is 28.2. The average Bonchev–Trinajstić information content (AvgIpc) is 3.48. The highest BCUT2D eigenvalue weighted by Gasteiger charge is 2.44. The van der Waals surface area contributed by atoms with Gasteiger partial charge in [0.15, 0.2) is 17.4 Å². The first-order valence-electron chi connectivity index (χ1n) is 17.9. The first-order chi connectivity index (χ1) is 23.3. The van der Waals surface area contributed by atoms with Gasteiger partial charge in [-0.3, -0.25) is 9.69 Å². The third-order valence-corrected chi connectivity index (χ3v) is 13.9. The van der Waals surface area contributed by atoms with Gasteiger partial charge < -0.3 is 32.8 Å². The number of carbonyl (C=O) groups is 3. The number of benzene rings is 1. The lowest BCUT2D eigenvalue weighted by atomic mass is 9.99. The van der Waals surface area contributed by atoms with Crippen molar-refractivity contribution in [3.05, 3.63) is 41.5 Å². The summed E-state index contributed by atoms with van der Waals surface area (Å²) >= 11 is 0. The molecule has 2 saturated heterocycles. The van der Waals surface area contributed by atoms with Gasteiger partial charge in [-0.05, 0) is 97.6 Å². The number of esters is 1. The summed E-state index contributed by atoms with van der Waals surface area (Å²) in [6, 6.07) is 3.48. The summed E-state index contributed by atoms with van der Waals surface area (Å²) in [5.41, 5.74) is 0.369. The highest BCUT2D eigenvalue weighted by Crippen LogP contribution is 2.42. The van der Waals surface area contributed by atoms with Gasteiger partial charge in [-0.25, -0.2) is 9.59 Å². The summed E-state index contributed by atoms with van der Waals surface area (Å²) in [4.78, 5) is 43.0. The highest BCUT2D eigenvalue weighted by molar-refractivity contribution is 6.74. The van der Waals surface area contributed by atoms with Gasteiger partial charge in [0.05, 0.1) is 24.9 Å². The largest absolute Gasteiger partial charge is 0.543 e. The van der Waals surface area contributed by atoms with Crippen LogP contribution in [0.15, 0.2) is 30.4 Å². The van der Waals surface area contributed by atoms with Crippen LogP contribution in [-0.2, 0) is 33.2 Å². The Morgan fingerprint density at radius 3 is 2.22 bits per heavy atom. The van der Waals surface area contributed by atoms with Crippen molar-refractivity contribution in [2.75, 3.05) is 18.1 Å². The lowest BCUT2D eigenvalue weighted by molar-refractivity contribution is -0.152. The smallest absolute Gasteiger partial charge is 0.414 e. The van der Waals surface area contributed by atoms with Crippen LogP contribution in [0.4, 0.5) is 10.5 Å². The van der Waals surface area contributed by atoms with Crippen molar-refractivity contribution >= 4 is 37.9 Å². The Kier molecular flexibility index (Phi) is 11.8. The van der Waals surface area contributed by atoms with Gasteiger partial charge in [0.1, 0.15) is 35.2 Å². The van der Waals surface area contributed by atoms with Crippen molar-refractivity contribution < 1.29 is 47.2 Å². The molecule has 3 aliphatic heterocycles. The highest BCUT2D eigenvalue weighted by atomic mass is 28.4. The first-order valence-corrected chi connectivity index (χ1v) is 20.8. The molecular weight excluding hydrogens is 671 g/mol. The molecule has 4 rings (SSSR count). The maximum absolute atomic E-state index is 14.3. The van der Waals surface area contributed by atoms with E-state index in [-0.39, 0.29) is 35.5 Å². The molecule has 3 aliphatic rings. The predicted molar refractivity (Wildman–Crippen MR) is 198 cm³/mol. The Balaban J connectivity index is 1.93. The van der Waals surface area contributed by atoms with E-state index in [1.54, 1.807) is 65.8 Å². The zero-order valence-corrected chi connectivity index (χ0v) is 34.0. The molecule has 51 heavy (non-hydrogen) atoms. The minimum absolute atomic E-state index is 0.123. The lowest BCUT2D eigenvalue weighted by Gasteiger charge is -2.37. The van der Waals surface area contributed by atoms with Crippen molar-refractivity contribution in [2.45, 2.75) is 149 Å². The molecular formula is C39H59NO10Si. The monoisotopic (exact) mass is 729 g/mol. The van der Waals surface area contributed by atoms with Crippen molar-refractivity contribution in [1.82, 2.24) is 0 Å². The molecule has 2 fully saturated rings. The van der Waals surface area contributed by atoms with Gasteiger partial charge in [-0.15, -0.1) is 0 Å². The van der Waals surface area contributed by atoms with Crippen LogP contribution in [0.3, 0.4) is 0 Å². The van der Waals surface area contributed by atoms with Crippen LogP contribution < -0.4 is 9.33 Å². The number of ketones is 1. The third-order valence-electron chi connectivity index (χ3n) is 9.60. The van der Waals surface area contributed by atoms with Crippen molar-refractivity contribution in [1.29, 1.82) is 0 Å². The summed E-state index contributed by atoms with van der Waals surface area (Å²) < 4.78 is 43.0. The Labute approximate surface area is 305 Å². The first kappa shape index (κ1) is 40.7. The summed E-state index contributed by atoms with van der Waals surface area (Å²) in [6.45, 7) is 27.3. The molecule has 0 aromatic heterocycles. The van der Waals surface area contributed by atoms with Gasteiger partial charge in [0.25, 0.3) is 8.32 Å². The Morgan fingerprint density at radius 2 is 1.63 bits per heavy atom. The van der Waals surface area contributed by atoms with Crippen molar-refractivity contribution in [3.63, 3.8) is 0 Å². The van der Waals surface area contributed by atoms with E-state index in [4.69, 9.17) is 32.8 Å². The minimum atomic E-state index is -2.57. The SMILES string of the molecule is C[C@@H]1/C=C\C(=O)[C@H]2OC(C)(C)O[C@H]2C/C=C/c2cc(N(CC3COC(C)(C)O3)C(=O)OC(C)(C)C)cc(O[Si](C)(C)C(C)(C)C)c2C(=O)O[C@H]1C. The van der Waals surface area contributed by atoms with E-state index in [0.29, 0.717) is 23.4 Å². The van der Waals surface area contributed by atoms with Crippen molar-refractivity contribution in [3.8, 4) is 5.75 Å². The molecule has 3 heterocycles. The Bertz CT molecular complexity index is 1530. The molecule has 0 N–H and O–H groups in total. The molecule has 1 unspecified atom stereocenters. The van der Waals surface area contributed by atoms with Crippen LogP contribution in [0.25, 0.3) is 6.08 Å². The van der Waals surface area contributed by atoms with E-state index < -0.39 is 62.0 Å². The molecule has 284 valence electrons. The second-order valence-electron chi connectivity index (χ2n) is 17.3. The van der Waals surface area contributed by atoms with Crippen LogP contribution in [-0.4, -0.2) is 80.9 Å². The van der Waals surface area contributed by atoms with Crippen LogP contribution in [0.5, 0.6) is 5.75 Å². The summed E-state index contributed by atoms with van der Waals surface area (Å²) in [7, 11) is -2.57. The topological polar surface area (TPSA) is 119 Å². The minimum Gasteiger partial charge on any atom is -0.543 e. The van der Waals surface area contributed by atoms with E-state index in [9.17, 15) is 14.4 Å². The Morgan fingerprint density at radius 1 is 0.961 bits per heavy atom. The molecule has 5 atom stereocenters. The number of rotatable bonds is 5. The van der Waals surface area contributed by atoms with Gasteiger partial charge >= 0.3 is 12.1 Å². The van der Waals surface area contributed by atoms with Crippen molar-refractivity contribution in [2.24, 2.45) is 5.92 Å². The number of cyclic esters (lactones) is 1. The molecule has 0 radical (unpaired) electrons. The van der Waals surface area contributed by atoms with E-state index in [1.165, 1.54) is 11.0 Å². The zero-order valence-electron chi connectivity index (χ0n) is 33.0. The molecule has 12 heteroatoms. The second-order valence-corrected chi connectivity index (χ2v) is 22.0. The maximum atomic E-state index is 14.3. The number of ether oxygens (including phenoxy) is 6. The van der Waals surface area contributed by atoms with Gasteiger partial charge in [0, 0.05) is 12.0 Å². The van der Waals surface area contributed by atoms with Gasteiger partial charge in [0.2, 0.25) is 0 Å². The number of hydrogen-bond acceptors (Lipinski definition) is 10. The molecule has 1 amide bonds. The molecule has 0 bridgehead atoms. The van der Waals surface area contributed by atoms with Crippen LogP contribution >= 0.6 is 0 Å². The quantitative estimate of drug-likeness (QED) is 0.217. The summed E-state index contributed by atoms with van der Waals surface area (Å²) in [5.74, 6) is -2.56. The molecule has 11 nitrogen and oxygen atoms in total. The fourth-order valence-electron chi connectivity index (χ4n) is 5.71. The molecule has 1 aromatic carbocycles. The number of amides is 1. The van der Waals surface area contributed by atoms with Gasteiger partial charge in [-0.2, -0.15) is 0 Å². The number of anilines is 1. The van der Waals surface area contributed by atoms with Crippen LogP contribution in [0, 0.1) is 5.92 Å². The van der Waals surface area contributed by atoms with Gasteiger partial charge in [-0.1, -0.05) is 45.9 Å². The molecule has 1 aromatic rings. The van der Waals surface area contributed by atoms with Crippen LogP contribution in [0.2, 0.25) is 18.1 Å². The Hall–Kier alpha value is -3.03. The van der Waals surface area contributed by atoms with E-state index in [1.807, 2.05) is 26.8 Å². The van der Waals surface area contributed by atoms with Crippen LogP contribution in [0.1, 0.15) is 105 Å². The number of fused-ring (bicyclic) bond motifs is 2. The number of nitrogens with zero attached hydrogens (tertiary/aromatic N) is 1. The van der Waals surface area contributed by atoms with E-state index in [2.05, 4.69) is 33.9 Å². The van der Waals surface area contributed by atoms with E-state index in [0.717, 1.165) is 0 Å². The fraction of sp³-hybridized carbons (Fsp3) is 0.667. The number of carbonyl (C=O) groups excluding carboxylic acids is 3. The summed E-state index contributed by atoms with van der Waals surface area (Å²) in [6.07, 6.45) is 4.18. The maximum Gasteiger partial charge on any atom is 0.414 e. The second kappa shape index (κ2) is 14.8. The average molecular weight is 730 g/mol.